The number of aromatic nitrogens is 4. The lowest BCUT2D eigenvalue weighted by atomic mass is 10.1. The number of nitrogens with one attached hydrogen (secondary N) is 4. The minimum atomic E-state index is 1.05. The van der Waals surface area contributed by atoms with Crippen molar-refractivity contribution < 1.29 is 0 Å². The molecule has 0 radical (unpaired) electrons. The number of hydrogen-bond donors (Lipinski definition) is 4. The normalized spacial score (nSPS) is 18.5. The number of rotatable bonds is 8. The average Bonchev–Trinajstić information content (AvgIpc) is 3.88. The molecule has 0 saturated heterocycles. The first-order chi connectivity index (χ1) is 22.6. The number of thiophene rings is 2. The molecule has 0 fully saturated rings. The maximum absolute atomic E-state index is 3.79. The summed E-state index contributed by atoms with van der Waals surface area (Å²) < 4.78 is 5.07. The van der Waals surface area contributed by atoms with Gasteiger partial charge in [0.15, 0.2) is 0 Å². The Bertz CT molecular complexity index is 2290. The zero-order valence-corrected chi connectivity index (χ0v) is 29.0. The maximum atomic E-state index is 3.79. The van der Waals surface area contributed by atoms with Crippen molar-refractivity contribution in [3.63, 3.8) is 0 Å². The third-order valence-corrected chi connectivity index (χ3v) is 11.2. The summed E-state index contributed by atoms with van der Waals surface area (Å²) >= 11 is 3.71. The Balaban J connectivity index is 1.62. The molecule has 46 heavy (non-hydrogen) atoms. The van der Waals surface area contributed by atoms with Gasteiger partial charge in [-0.2, -0.15) is 0 Å². The molecule has 0 unspecified atom stereocenters. The minimum absolute atomic E-state index is 1.05. The molecule has 1 aliphatic rings. The van der Waals surface area contributed by atoms with Crippen molar-refractivity contribution in [2.75, 3.05) is 0 Å². The molecular formula is C40H44N4S2. The summed E-state index contributed by atoms with van der Waals surface area (Å²) in [4.78, 5) is 15.1. The van der Waals surface area contributed by atoms with Gasteiger partial charge in [-0.15, -0.1) is 22.7 Å². The highest BCUT2D eigenvalue weighted by Crippen LogP contribution is 2.12. The lowest BCUT2D eigenvalue weighted by Gasteiger charge is -1.92. The van der Waals surface area contributed by atoms with Crippen molar-refractivity contribution in [1.29, 1.82) is 0 Å². The summed E-state index contributed by atoms with van der Waals surface area (Å²) in [6.07, 6.45) is 17.8. The van der Waals surface area contributed by atoms with E-state index in [1.165, 1.54) is 83.2 Å². The lowest BCUT2D eigenvalue weighted by Crippen LogP contribution is -2.11. The average molecular weight is 645 g/mol. The Morgan fingerprint density at radius 2 is 0.630 bits per heavy atom. The monoisotopic (exact) mass is 644 g/mol. The lowest BCUT2D eigenvalue weighted by molar-refractivity contribution is 0.914. The van der Waals surface area contributed by atoms with Crippen LogP contribution in [0.5, 0.6) is 0 Å². The van der Waals surface area contributed by atoms with Crippen molar-refractivity contribution in [2.24, 2.45) is 0 Å². The largest absolute Gasteiger partial charge is 0.354 e. The Morgan fingerprint density at radius 1 is 0.391 bits per heavy atom. The minimum Gasteiger partial charge on any atom is -0.354 e. The highest BCUT2D eigenvalue weighted by atomic mass is 32.1. The van der Waals surface area contributed by atoms with Crippen LogP contribution in [0.1, 0.15) is 75.6 Å². The highest BCUT2D eigenvalue weighted by Gasteiger charge is 2.04. The Kier molecular flexibility index (Phi) is 8.92. The van der Waals surface area contributed by atoms with E-state index in [-0.39, 0.29) is 0 Å². The zero-order valence-electron chi connectivity index (χ0n) is 27.4. The van der Waals surface area contributed by atoms with Crippen molar-refractivity contribution >= 4 is 47.0 Å². The maximum Gasteiger partial charge on any atom is 0.0563 e. The van der Waals surface area contributed by atoms with Crippen LogP contribution in [0.25, 0.3) is 24.3 Å². The predicted octanol–water partition coefficient (Wildman–Crippen LogP) is 6.92. The van der Waals surface area contributed by atoms with Gasteiger partial charge in [0.2, 0.25) is 0 Å². The fourth-order valence-corrected chi connectivity index (χ4v) is 8.57. The standard InChI is InChI=1S/C40H44N4S2/c1-5-9-25-21-33-37-17-18-38(45-37)34-23-27(11-7-3)31(43-34)15-16-32-28(12-8-4)24-36(44-32)40-20-19-39(46-40)35-22-26(10-6-2)30(42-35)14-13-29(25)41-33/h13-24,41-44H,5-12H2,1-4H3/b14-13?,16-15?,29-13-,30-14-,31-15-,32-16-,37-33-,38-34-,39-35-,40-36-. The van der Waals surface area contributed by atoms with Crippen LogP contribution in [0.3, 0.4) is 0 Å². The molecule has 0 atom stereocenters. The number of fused-ring (bicyclic) bond motifs is 12. The van der Waals surface area contributed by atoms with Crippen LogP contribution in [-0.2, 0) is 25.7 Å². The van der Waals surface area contributed by atoms with Crippen molar-refractivity contribution in [3.8, 4) is 0 Å². The molecule has 0 amide bonds. The summed E-state index contributed by atoms with van der Waals surface area (Å²) in [5.74, 6) is 0. The molecular weight excluding hydrogens is 601 g/mol. The van der Waals surface area contributed by atoms with Gasteiger partial charge in [0.25, 0.3) is 0 Å². The van der Waals surface area contributed by atoms with Crippen LogP contribution in [0.2, 0.25) is 0 Å². The van der Waals surface area contributed by atoms with Crippen LogP contribution in [0.4, 0.5) is 0 Å². The fourth-order valence-electron chi connectivity index (χ4n) is 6.67. The fraction of sp³-hybridized carbons (Fsp3) is 0.300. The summed E-state index contributed by atoms with van der Waals surface area (Å²) in [5, 5.41) is 9.59. The quantitative estimate of drug-likeness (QED) is 0.139. The molecule has 7 rings (SSSR count). The van der Waals surface area contributed by atoms with Gasteiger partial charge in [-0.25, -0.2) is 0 Å². The van der Waals surface area contributed by atoms with Crippen LogP contribution in [-0.4, -0.2) is 19.9 Å². The summed E-state index contributed by atoms with van der Waals surface area (Å²) in [6.45, 7) is 9.04. The molecule has 236 valence electrons. The van der Waals surface area contributed by atoms with E-state index in [1.807, 2.05) is 22.7 Å². The van der Waals surface area contributed by atoms with Crippen LogP contribution in [0, 0.1) is 39.5 Å². The Hall–Kier alpha value is -4.00. The SMILES string of the molecule is CCCc1c/c2[nH]/c1=C\C=c1/[nH]/c(cc1CCC)=c1/cc/c(s1)=c1\cc(CCC)/c([nH]1)=C/C=c1\[nH]/c(cc1CCC)=c1/cc/c=2s1. The smallest absolute Gasteiger partial charge is 0.0563 e. The molecule has 4 nitrogen and oxygen atoms in total. The van der Waals surface area contributed by atoms with Crippen LogP contribution >= 0.6 is 22.7 Å². The topological polar surface area (TPSA) is 63.2 Å². The first-order valence-corrected chi connectivity index (χ1v) is 18.6. The van der Waals surface area contributed by atoms with Gasteiger partial charge in [0.1, 0.15) is 0 Å². The molecule has 0 saturated carbocycles. The third-order valence-electron chi connectivity index (χ3n) is 8.92. The van der Waals surface area contributed by atoms with E-state index in [4.69, 9.17) is 0 Å². The van der Waals surface area contributed by atoms with Crippen LogP contribution in [0.15, 0.2) is 48.5 Å². The Morgan fingerprint density at radius 3 is 0.848 bits per heavy atom. The van der Waals surface area contributed by atoms with E-state index in [1.54, 1.807) is 0 Å². The summed E-state index contributed by atoms with van der Waals surface area (Å²) in [6, 6.07) is 18.5. The second kappa shape index (κ2) is 13.4. The van der Waals surface area contributed by atoms with E-state index in [0.29, 0.717) is 0 Å². The highest BCUT2D eigenvalue weighted by molar-refractivity contribution is 7.08. The molecule has 4 N–H and O–H groups in total. The van der Waals surface area contributed by atoms with Crippen LogP contribution < -0.4 is 21.4 Å². The Labute approximate surface area is 276 Å². The van der Waals surface area contributed by atoms with E-state index >= 15 is 0 Å². The van der Waals surface area contributed by atoms with Crippen molar-refractivity contribution in [1.82, 2.24) is 19.9 Å². The number of aromatic amines is 4. The molecule has 0 aromatic carbocycles. The second-order valence-electron chi connectivity index (χ2n) is 12.5. The number of H-pyrrole nitrogens is 4. The van der Waals surface area contributed by atoms with E-state index in [9.17, 15) is 0 Å². The van der Waals surface area contributed by atoms with Crippen molar-refractivity contribution in [3.05, 3.63) is 132 Å². The van der Waals surface area contributed by atoms with Gasteiger partial charge in [-0.05, 0) is 121 Å². The number of hydrogen-bond acceptors (Lipinski definition) is 2. The molecule has 1 aliphatic heterocycles. The third kappa shape index (κ3) is 6.08. The molecule has 6 heteroatoms. The van der Waals surface area contributed by atoms with Gasteiger partial charge >= 0.3 is 0 Å². The van der Waals surface area contributed by atoms with Gasteiger partial charge in [-0.3, -0.25) is 0 Å². The van der Waals surface area contributed by atoms with Gasteiger partial charge < -0.3 is 19.9 Å². The first kappa shape index (κ1) is 30.6. The van der Waals surface area contributed by atoms with E-state index in [2.05, 4.69) is 120 Å². The number of aryl methyl sites for hydroxylation is 4. The van der Waals surface area contributed by atoms with E-state index < -0.39 is 0 Å². The van der Waals surface area contributed by atoms with Gasteiger partial charge in [-0.1, -0.05) is 53.4 Å². The molecule has 6 aromatic heterocycles. The summed E-state index contributed by atoms with van der Waals surface area (Å²) in [5.41, 5.74) is 5.50. The predicted molar refractivity (Wildman–Crippen MR) is 195 cm³/mol. The second-order valence-corrected chi connectivity index (χ2v) is 14.6. The van der Waals surface area contributed by atoms with Gasteiger partial charge in [0, 0.05) is 21.4 Å². The first-order valence-electron chi connectivity index (χ1n) is 17.0. The zero-order chi connectivity index (χ0) is 31.6. The molecule has 0 spiro atoms. The van der Waals surface area contributed by atoms with Gasteiger partial charge in [0.05, 0.1) is 39.5 Å². The van der Waals surface area contributed by atoms with E-state index in [0.717, 1.165) is 51.4 Å². The molecule has 6 aromatic rings. The molecule has 12 bridgehead atoms. The summed E-state index contributed by atoms with van der Waals surface area (Å²) in [7, 11) is 0. The molecule has 7 heterocycles. The molecule has 0 aliphatic carbocycles. The van der Waals surface area contributed by atoms with Crippen molar-refractivity contribution in [2.45, 2.75) is 79.1 Å².